The number of rotatable bonds is 2. The van der Waals surface area contributed by atoms with E-state index in [1.807, 2.05) is 48.5 Å². The highest BCUT2D eigenvalue weighted by molar-refractivity contribution is 6.08. The van der Waals surface area contributed by atoms with Gasteiger partial charge >= 0.3 is 0 Å². The maximum Gasteiger partial charge on any atom is 0.235 e. The standard InChI is InChI=1S/C16H12O/c17-16(15-11-5-2-6-12-15)13-7-10-14-8-3-1-4-9-14/h1-6,8-9,11-12H,10H2. The Hall–Kier alpha value is -2.33. The molecule has 82 valence electrons. The molecular weight excluding hydrogens is 208 g/mol. The number of carbonyl (C=O) groups excluding carboxylic acids is 1. The van der Waals surface area contributed by atoms with E-state index in [9.17, 15) is 4.79 Å². The Balaban J connectivity index is 2.01. The zero-order chi connectivity index (χ0) is 11.9. The summed E-state index contributed by atoms with van der Waals surface area (Å²) in [6.45, 7) is 0. The van der Waals surface area contributed by atoms with Crippen LogP contribution in [0.4, 0.5) is 0 Å². The van der Waals surface area contributed by atoms with E-state index in [-0.39, 0.29) is 5.78 Å². The molecule has 0 saturated heterocycles. The molecule has 2 aromatic rings. The van der Waals surface area contributed by atoms with Gasteiger partial charge in [0.15, 0.2) is 0 Å². The Kier molecular flexibility index (Phi) is 3.72. The molecule has 0 saturated carbocycles. The zero-order valence-electron chi connectivity index (χ0n) is 9.39. The molecule has 0 fully saturated rings. The molecule has 0 bridgehead atoms. The van der Waals surface area contributed by atoms with Gasteiger partial charge in [0, 0.05) is 12.0 Å². The first-order valence-electron chi connectivity index (χ1n) is 5.48. The summed E-state index contributed by atoms with van der Waals surface area (Å²) in [7, 11) is 0. The monoisotopic (exact) mass is 220 g/mol. The van der Waals surface area contributed by atoms with E-state index in [4.69, 9.17) is 0 Å². The first kappa shape index (κ1) is 11.2. The van der Waals surface area contributed by atoms with E-state index >= 15 is 0 Å². The van der Waals surface area contributed by atoms with Crippen LogP contribution < -0.4 is 0 Å². The summed E-state index contributed by atoms with van der Waals surface area (Å²) in [5.41, 5.74) is 1.77. The largest absolute Gasteiger partial charge is 0.279 e. The fraction of sp³-hybridized carbons (Fsp3) is 0.0625. The molecule has 0 aliphatic heterocycles. The molecule has 0 aliphatic rings. The van der Waals surface area contributed by atoms with E-state index in [0.29, 0.717) is 12.0 Å². The van der Waals surface area contributed by atoms with Crippen LogP contribution in [0.1, 0.15) is 15.9 Å². The Morgan fingerprint density at radius 3 is 2.12 bits per heavy atom. The van der Waals surface area contributed by atoms with Crippen LogP contribution in [0, 0.1) is 11.8 Å². The molecule has 17 heavy (non-hydrogen) atoms. The molecule has 0 heterocycles. The summed E-state index contributed by atoms with van der Waals surface area (Å²) in [4.78, 5) is 11.7. The average molecular weight is 220 g/mol. The lowest BCUT2D eigenvalue weighted by Crippen LogP contribution is -1.94. The summed E-state index contributed by atoms with van der Waals surface area (Å²) in [6, 6.07) is 19.0. The van der Waals surface area contributed by atoms with Crippen molar-refractivity contribution in [1.82, 2.24) is 0 Å². The van der Waals surface area contributed by atoms with E-state index < -0.39 is 0 Å². The second-order valence-electron chi connectivity index (χ2n) is 3.66. The van der Waals surface area contributed by atoms with Crippen molar-refractivity contribution < 1.29 is 4.79 Å². The molecular formula is C16H12O. The van der Waals surface area contributed by atoms with Gasteiger partial charge in [-0.25, -0.2) is 0 Å². The van der Waals surface area contributed by atoms with Gasteiger partial charge < -0.3 is 0 Å². The maximum atomic E-state index is 11.7. The first-order valence-corrected chi connectivity index (χ1v) is 5.48. The molecule has 0 unspecified atom stereocenters. The van der Waals surface area contributed by atoms with Crippen LogP contribution in [0.3, 0.4) is 0 Å². The molecule has 0 spiro atoms. The van der Waals surface area contributed by atoms with E-state index in [2.05, 4.69) is 11.8 Å². The third-order valence-electron chi connectivity index (χ3n) is 2.37. The van der Waals surface area contributed by atoms with E-state index in [1.54, 1.807) is 12.1 Å². The molecule has 2 rings (SSSR count). The van der Waals surface area contributed by atoms with Crippen LogP contribution >= 0.6 is 0 Å². The molecule has 0 aliphatic carbocycles. The average Bonchev–Trinajstić information content (AvgIpc) is 2.41. The lowest BCUT2D eigenvalue weighted by molar-refractivity contribution is 0.105. The van der Waals surface area contributed by atoms with E-state index in [1.165, 1.54) is 0 Å². The molecule has 0 N–H and O–H groups in total. The van der Waals surface area contributed by atoms with Gasteiger partial charge in [-0.1, -0.05) is 66.6 Å². The van der Waals surface area contributed by atoms with Gasteiger partial charge in [-0.05, 0) is 11.5 Å². The van der Waals surface area contributed by atoms with Crippen molar-refractivity contribution in [3.05, 3.63) is 71.8 Å². The summed E-state index contributed by atoms with van der Waals surface area (Å²) >= 11 is 0. The van der Waals surface area contributed by atoms with Gasteiger partial charge in [0.2, 0.25) is 5.78 Å². The van der Waals surface area contributed by atoms with E-state index in [0.717, 1.165) is 5.56 Å². The SMILES string of the molecule is O=C(C#CCc1ccccc1)c1ccccc1. The van der Waals surface area contributed by atoms with Gasteiger partial charge in [0.25, 0.3) is 0 Å². The fourth-order valence-corrected chi connectivity index (χ4v) is 1.48. The number of ketones is 1. The summed E-state index contributed by atoms with van der Waals surface area (Å²) in [5, 5.41) is 0. The summed E-state index contributed by atoms with van der Waals surface area (Å²) < 4.78 is 0. The highest BCUT2D eigenvalue weighted by atomic mass is 16.1. The van der Waals surface area contributed by atoms with Crippen molar-refractivity contribution in [3.63, 3.8) is 0 Å². The highest BCUT2D eigenvalue weighted by Gasteiger charge is 1.98. The molecule has 0 amide bonds. The smallest absolute Gasteiger partial charge is 0.235 e. The number of hydrogen-bond donors (Lipinski definition) is 0. The highest BCUT2D eigenvalue weighted by Crippen LogP contribution is 2.00. The zero-order valence-corrected chi connectivity index (χ0v) is 9.39. The molecule has 0 aromatic heterocycles. The Morgan fingerprint density at radius 1 is 0.882 bits per heavy atom. The lowest BCUT2D eigenvalue weighted by Gasteiger charge is -1.92. The van der Waals surface area contributed by atoms with Crippen molar-refractivity contribution in [2.45, 2.75) is 6.42 Å². The third-order valence-corrected chi connectivity index (χ3v) is 2.37. The minimum atomic E-state index is -0.124. The Bertz CT molecular complexity index is 544. The van der Waals surface area contributed by atoms with Crippen LogP contribution in [0.25, 0.3) is 0 Å². The van der Waals surface area contributed by atoms with Crippen LogP contribution in [0.5, 0.6) is 0 Å². The first-order chi connectivity index (χ1) is 8.36. The number of hydrogen-bond acceptors (Lipinski definition) is 1. The lowest BCUT2D eigenvalue weighted by atomic mass is 10.1. The van der Waals surface area contributed by atoms with Crippen LogP contribution in [0.2, 0.25) is 0 Å². The van der Waals surface area contributed by atoms with Crippen LogP contribution in [0.15, 0.2) is 60.7 Å². The quantitative estimate of drug-likeness (QED) is 0.432. The number of Topliss-reactive ketones (excluding diaryl/α,β-unsaturated/α-hetero) is 1. The predicted octanol–water partition coefficient (Wildman–Crippen LogP) is 3.12. The maximum absolute atomic E-state index is 11.7. The summed E-state index contributed by atoms with van der Waals surface area (Å²) in [6.07, 6.45) is 0.611. The molecule has 0 radical (unpaired) electrons. The van der Waals surface area contributed by atoms with Crippen molar-refractivity contribution in [2.75, 3.05) is 0 Å². The van der Waals surface area contributed by atoms with Crippen molar-refractivity contribution in [2.24, 2.45) is 0 Å². The second-order valence-corrected chi connectivity index (χ2v) is 3.66. The van der Waals surface area contributed by atoms with Crippen LogP contribution in [-0.2, 0) is 6.42 Å². The van der Waals surface area contributed by atoms with Gasteiger partial charge in [-0.3, -0.25) is 4.79 Å². The second kappa shape index (κ2) is 5.67. The molecule has 1 heteroatoms. The Labute approximate surface area is 101 Å². The van der Waals surface area contributed by atoms with Crippen molar-refractivity contribution >= 4 is 5.78 Å². The van der Waals surface area contributed by atoms with Crippen LogP contribution in [-0.4, -0.2) is 5.78 Å². The van der Waals surface area contributed by atoms with Gasteiger partial charge in [-0.15, -0.1) is 0 Å². The third kappa shape index (κ3) is 3.32. The number of carbonyl (C=O) groups is 1. The van der Waals surface area contributed by atoms with Gasteiger partial charge in [0.05, 0.1) is 0 Å². The van der Waals surface area contributed by atoms with Gasteiger partial charge in [-0.2, -0.15) is 0 Å². The molecule has 1 nitrogen and oxygen atoms in total. The fourth-order valence-electron chi connectivity index (χ4n) is 1.48. The summed E-state index contributed by atoms with van der Waals surface area (Å²) in [5.74, 6) is 5.44. The minimum absolute atomic E-state index is 0.124. The van der Waals surface area contributed by atoms with Crippen molar-refractivity contribution in [3.8, 4) is 11.8 Å². The minimum Gasteiger partial charge on any atom is -0.279 e. The van der Waals surface area contributed by atoms with Crippen molar-refractivity contribution in [1.29, 1.82) is 0 Å². The molecule has 2 aromatic carbocycles. The predicted molar refractivity (Wildman–Crippen MR) is 68.7 cm³/mol. The molecule has 0 atom stereocenters. The topological polar surface area (TPSA) is 17.1 Å². The number of benzene rings is 2. The Morgan fingerprint density at radius 2 is 1.47 bits per heavy atom. The normalized spacial score (nSPS) is 9.18. The van der Waals surface area contributed by atoms with Gasteiger partial charge in [0.1, 0.15) is 0 Å².